The number of aryl methyl sites for hydroxylation is 4. The predicted octanol–water partition coefficient (Wildman–Crippen LogP) is 6.34. The zero-order valence-corrected chi connectivity index (χ0v) is 26.7. The quantitative estimate of drug-likeness (QED) is 0.141. The molecule has 0 radical (unpaired) electrons. The molecule has 0 saturated heterocycles. The van der Waals surface area contributed by atoms with Crippen LogP contribution in [0.15, 0.2) is 24.3 Å². The van der Waals surface area contributed by atoms with Gasteiger partial charge in [0.25, 0.3) is 0 Å². The summed E-state index contributed by atoms with van der Waals surface area (Å²) in [5.41, 5.74) is 4.95. The summed E-state index contributed by atoms with van der Waals surface area (Å²) in [5.74, 6) is 0.0393. The number of aromatic hydroxyl groups is 2. The number of ether oxygens (including phenoxy) is 4. The number of benzene rings is 2. The summed E-state index contributed by atoms with van der Waals surface area (Å²) < 4.78 is 21.3. The zero-order valence-electron chi connectivity index (χ0n) is 26.7. The molecule has 2 aromatic carbocycles. The Labute approximate surface area is 251 Å². The first-order valence-electron chi connectivity index (χ1n) is 14.7. The van der Waals surface area contributed by atoms with Crippen LogP contribution in [0.25, 0.3) is 0 Å². The van der Waals surface area contributed by atoms with Crippen LogP contribution in [0.5, 0.6) is 11.5 Å². The lowest BCUT2D eigenvalue weighted by atomic mass is 9.83. The highest BCUT2D eigenvalue weighted by Gasteiger charge is 2.21. The summed E-state index contributed by atoms with van der Waals surface area (Å²) in [7, 11) is 0. The van der Waals surface area contributed by atoms with Gasteiger partial charge in [-0.2, -0.15) is 0 Å². The van der Waals surface area contributed by atoms with Crippen molar-refractivity contribution in [2.45, 2.75) is 98.3 Å². The normalized spacial score (nSPS) is 11.9. The maximum Gasteiger partial charge on any atom is 0.306 e. The van der Waals surface area contributed by atoms with Gasteiger partial charge in [-0.1, -0.05) is 65.8 Å². The molecule has 234 valence electrons. The second-order valence-corrected chi connectivity index (χ2v) is 12.8. The highest BCUT2D eigenvalue weighted by molar-refractivity contribution is 5.70. The van der Waals surface area contributed by atoms with Gasteiger partial charge < -0.3 is 29.2 Å². The number of carbonyl (C=O) groups is 2. The van der Waals surface area contributed by atoms with Crippen LogP contribution in [-0.4, -0.2) is 55.4 Å². The number of esters is 2. The van der Waals surface area contributed by atoms with E-state index in [1.54, 1.807) is 0 Å². The number of hydrogen-bond donors (Lipinski definition) is 2. The summed E-state index contributed by atoms with van der Waals surface area (Å²) in [5, 5.41) is 20.7. The third-order valence-corrected chi connectivity index (χ3v) is 6.93. The molecule has 2 N–H and O–H groups in total. The van der Waals surface area contributed by atoms with Gasteiger partial charge in [0.15, 0.2) is 0 Å². The molecule has 0 spiro atoms. The molecule has 0 aliphatic carbocycles. The summed E-state index contributed by atoms with van der Waals surface area (Å²) in [6.45, 7) is 17.1. The van der Waals surface area contributed by atoms with Gasteiger partial charge in [-0.15, -0.1) is 0 Å². The number of carbonyl (C=O) groups excluding carboxylic acids is 2. The van der Waals surface area contributed by atoms with Gasteiger partial charge in [0.2, 0.25) is 0 Å². The third-order valence-electron chi connectivity index (χ3n) is 6.93. The van der Waals surface area contributed by atoms with Gasteiger partial charge >= 0.3 is 11.9 Å². The van der Waals surface area contributed by atoms with Crippen LogP contribution in [-0.2, 0) is 52.2 Å². The lowest BCUT2D eigenvalue weighted by Gasteiger charge is -2.22. The highest BCUT2D eigenvalue weighted by Crippen LogP contribution is 2.35. The van der Waals surface area contributed by atoms with Crippen molar-refractivity contribution in [3.63, 3.8) is 0 Å². The lowest BCUT2D eigenvalue weighted by Crippen LogP contribution is -2.14. The Balaban J connectivity index is 1.53. The molecule has 0 aliphatic rings. The molecule has 0 aromatic heterocycles. The largest absolute Gasteiger partial charge is 0.507 e. The summed E-state index contributed by atoms with van der Waals surface area (Å²) in [6.07, 6.45) is 2.14. The number of phenolic OH excluding ortho intramolecular Hbond substituents is 2. The monoisotopic (exact) mass is 586 g/mol. The SMILES string of the molecule is Cc1cc(CCC(=O)OCCCOCOCCOC(=O)CCc2cc(C)c(O)c(C(C)(C)C)c2)cc(C(C)(C)C)c1O. The zero-order chi connectivity index (χ0) is 31.5. The van der Waals surface area contributed by atoms with E-state index in [4.69, 9.17) is 18.9 Å². The van der Waals surface area contributed by atoms with Crippen LogP contribution in [0.2, 0.25) is 0 Å². The van der Waals surface area contributed by atoms with E-state index in [0.29, 0.717) is 37.4 Å². The fourth-order valence-corrected chi connectivity index (χ4v) is 4.52. The lowest BCUT2D eigenvalue weighted by molar-refractivity contribution is -0.148. The summed E-state index contributed by atoms with van der Waals surface area (Å²) >= 11 is 0. The van der Waals surface area contributed by atoms with Gasteiger partial charge in [-0.05, 0) is 70.9 Å². The van der Waals surface area contributed by atoms with Crippen LogP contribution < -0.4 is 0 Å². The fourth-order valence-electron chi connectivity index (χ4n) is 4.52. The Hall–Kier alpha value is -3.10. The molecule has 42 heavy (non-hydrogen) atoms. The fraction of sp³-hybridized carbons (Fsp3) is 0.588. The minimum Gasteiger partial charge on any atom is -0.507 e. The molecule has 0 heterocycles. The topological polar surface area (TPSA) is 112 Å². The van der Waals surface area contributed by atoms with Crippen molar-refractivity contribution >= 4 is 11.9 Å². The van der Waals surface area contributed by atoms with E-state index in [0.717, 1.165) is 33.4 Å². The van der Waals surface area contributed by atoms with E-state index in [2.05, 4.69) is 0 Å². The summed E-state index contributed by atoms with van der Waals surface area (Å²) in [6, 6.07) is 7.73. The molecular weight excluding hydrogens is 536 g/mol. The van der Waals surface area contributed by atoms with E-state index >= 15 is 0 Å². The Morgan fingerprint density at radius 1 is 0.643 bits per heavy atom. The van der Waals surface area contributed by atoms with Crippen molar-refractivity contribution in [1.82, 2.24) is 0 Å². The second-order valence-electron chi connectivity index (χ2n) is 12.8. The number of rotatable bonds is 15. The van der Waals surface area contributed by atoms with Gasteiger partial charge in [-0.3, -0.25) is 9.59 Å². The van der Waals surface area contributed by atoms with Crippen molar-refractivity contribution in [3.05, 3.63) is 57.6 Å². The van der Waals surface area contributed by atoms with E-state index in [1.165, 1.54) is 0 Å². The number of phenols is 2. The molecule has 8 nitrogen and oxygen atoms in total. The Kier molecular flexibility index (Phi) is 13.3. The molecular formula is C34H50O8. The molecule has 2 aromatic rings. The first kappa shape index (κ1) is 35.1. The molecule has 0 atom stereocenters. The van der Waals surface area contributed by atoms with E-state index < -0.39 is 0 Å². The standard InChI is InChI=1S/C34H50O8/c1-23-18-25(20-27(31(23)37)33(3,4)5)10-12-29(35)41-15-9-14-39-22-40-16-17-42-30(36)13-11-26-19-24(2)32(38)28(21-26)34(6,7)8/h18-21,37-38H,9-17,22H2,1-8H3. The highest BCUT2D eigenvalue weighted by atomic mass is 16.7. The average Bonchev–Trinajstić information content (AvgIpc) is 2.89. The van der Waals surface area contributed by atoms with E-state index in [1.807, 2.05) is 79.7 Å². The second kappa shape index (κ2) is 15.9. The first-order chi connectivity index (χ1) is 19.6. The maximum atomic E-state index is 12.1. The van der Waals surface area contributed by atoms with Crippen molar-refractivity contribution in [2.24, 2.45) is 0 Å². The molecule has 0 fully saturated rings. The Bertz CT molecular complexity index is 1090. The van der Waals surface area contributed by atoms with Gasteiger partial charge in [0, 0.05) is 19.3 Å². The maximum absolute atomic E-state index is 12.1. The number of hydrogen-bond acceptors (Lipinski definition) is 8. The molecule has 0 bridgehead atoms. The van der Waals surface area contributed by atoms with Crippen LogP contribution in [0.3, 0.4) is 0 Å². The Morgan fingerprint density at radius 3 is 1.52 bits per heavy atom. The van der Waals surface area contributed by atoms with Crippen molar-refractivity contribution in [2.75, 3.05) is 33.2 Å². The molecule has 0 saturated carbocycles. The third kappa shape index (κ3) is 11.6. The molecule has 0 aliphatic heterocycles. The smallest absolute Gasteiger partial charge is 0.306 e. The molecule has 8 heteroatoms. The average molecular weight is 587 g/mol. The van der Waals surface area contributed by atoms with Crippen molar-refractivity contribution in [1.29, 1.82) is 0 Å². The molecule has 0 amide bonds. The van der Waals surface area contributed by atoms with Crippen LogP contribution in [0.4, 0.5) is 0 Å². The van der Waals surface area contributed by atoms with E-state index in [9.17, 15) is 19.8 Å². The van der Waals surface area contributed by atoms with Crippen LogP contribution in [0, 0.1) is 13.8 Å². The van der Waals surface area contributed by atoms with Crippen LogP contribution >= 0.6 is 0 Å². The van der Waals surface area contributed by atoms with Crippen LogP contribution in [0.1, 0.15) is 94.2 Å². The summed E-state index contributed by atoms with van der Waals surface area (Å²) in [4.78, 5) is 24.2. The van der Waals surface area contributed by atoms with Crippen molar-refractivity contribution < 1.29 is 38.7 Å². The minimum absolute atomic E-state index is 0.0597. The Morgan fingerprint density at radius 2 is 1.07 bits per heavy atom. The minimum atomic E-state index is -0.306. The predicted molar refractivity (Wildman–Crippen MR) is 163 cm³/mol. The first-order valence-corrected chi connectivity index (χ1v) is 14.7. The molecule has 2 rings (SSSR count). The van der Waals surface area contributed by atoms with Gasteiger partial charge in [0.1, 0.15) is 24.9 Å². The molecule has 0 unspecified atom stereocenters. The van der Waals surface area contributed by atoms with E-state index in [-0.39, 0.29) is 62.2 Å². The van der Waals surface area contributed by atoms with Crippen molar-refractivity contribution in [3.8, 4) is 11.5 Å². The van der Waals surface area contributed by atoms with Gasteiger partial charge in [-0.25, -0.2) is 0 Å². The van der Waals surface area contributed by atoms with Gasteiger partial charge in [0.05, 0.1) is 19.8 Å².